The SMILES string of the molecule is CC(C)OCCOC(=O)c1cc(F)c(N)cc1F. The molecule has 0 aliphatic carbocycles. The highest BCUT2D eigenvalue weighted by Gasteiger charge is 2.16. The molecule has 0 atom stereocenters. The van der Waals surface area contributed by atoms with Crippen LogP contribution in [0.25, 0.3) is 0 Å². The van der Waals surface area contributed by atoms with Crippen LogP contribution in [-0.2, 0) is 9.47 Å². The lowest BCUT2D eigenvalue weighted by atomic mass is 10.2. The van der Waals surface area contributed by atoms with Gasteiger partial charge in [0.2, 0.25) is 0 Å². The summed E-state index contributed by atoms with van der Waals surface area (Å²) in [5, 5.41) is 0. The number of halogens is 2. The van der Waals surface area contributed by atoms with Crippen molar-refractivity contribution in [2.24, 2.45) is 0 Å². The lowest BCUT2D eigenvalue weighted by Gasteiger charge is -2.09. The van der Waals surface area contributed by atoms with Gasteiger partial charge < -0.3 is 15.2 Å². The molecule has 100 valence electrons. The van der Waals surface area contributed by atoms with Crippen molar-refractivity contribution in [1.29, 1.82) is 0 Å². The monoisotopic (exact) mass is 259 g/mol. The van der Waals surface area contributed by atoms with E-state index in [2.05, 4.69) is 0 Å². The van der Waals surface area contributed by atoms with Gasteiger partial charge in [-0.3, -0.25) is 0 Å². The predicted molar refractivity (Wildman–Crippen MR) is 62.1 cm³/mol. The number of hydrogen-bond acceptors (Lipinski definition) is 4. The van der Waals surface area contributed by atoms with E-state index in [1.165, 1.54) is 0 Å². The van der Waals surface area contributed by atoms with Crippen LogP contribution in [-0.4, -0.2) is 25.3 Å². The molecule has 0 heterocycles. The summed E-state index contributed by atoms with van der Waals surface area (Å²) in [6, 6.07) is 1.47. The van der Waals surface area contributed by atoms with Gasteiger partial charge in [0.1, 0.15) is 18.2 Å². The summed E-state index contributed by atoms with van der Waals surface area (Å²) in [4.78, 5) is 11.4. The van der Waals surface area contributed by atoms with Gasteiger partial charge in [-0.25, -0.2) is 13.6 Å². The molecule has 4 nitrogen and oxygen atoms in total. The Hall–Kier alpha value is -1.69. The largest absolute Gasteiger partial charge is 0.460 e. The molecule has 0 fully saturated rings. The molecule has 6 heteroatoms. The second kappa shape index (κ2) is 6.30. The first-order chi connectivity index (χ1) is 8.41. The van der Waals surface area contributed by atoms with Crippen LogP contribution in [0.2, 0.25) is 0 Å². The van der Waals surface area contributed by atoms with Crippen molar-refractivity contribution in [2.75, 3.05) is 18.9 Å². The van der Waals surface area contributed by atoms with E-state index in [4.69, 9.17) is 15.2 Å². The molecular weight excluding hydrogens is 244 g/mol. The van der Waals surface area contributed by atoms with Crippen molar-refractivity contribution < 1.29 is 23.0 Å². The van der Waals surface area contributed by atoms with Gasteiger partial charge in [-0.15, -0.1) is 0 Å². The van der Waals surface area contributed by atoms with Crippen molar-refractivity contribution in [1.82, 2.24) is 0 Å². The van der Waals surface area contributed by atoms with Crippen LogP contribution in [0, 0.1) is 11.6 Å². The van der Waals surface area contributed by atoms with E-state index in [-0.39, 0.29) is 25.0 Å². The standard InChI is InChI=1S/C12H15F2NO3/c1-7(2)17-3-4-18-12(16)8-5-10(14)11(15)6-9(8)13/h5-7H,3-4,15H2,1-2H3. The molecule has 0 unspecified atom stereocenters. The Labute approximate surface area is 104 Å². The Morgan fingerprint density at radius 3 is 2.56 bits per heavy atom. The smallest absolute Gasteiger partial charge is 0.341 e. The number of anilines is 1. The first-order valence-electron chi connectivity index (χ1n) is 5.45. The molecule has 0 spiro atoms. The van der Waals surface area contributed by atoms with Gasteiger partial charge in [0, 0.05) is 6.07 Å². The number of hydrogen-bond donors (Lipinski definition) is 1. The highest BCUT2D eigenvalue weighted by atomic mass is 19.1. The molecule has 18 heavy (non-hydrogen) atoms. The topological polar surface area (TPSA) is 61.5 Å². The van der Waals surface area contributed by atoms with Gasteiger partial charge in [-0.1, -0.05) is 0 Å². The van der Waals surface area contributed by atoms with Gasteiger partial charge >= 0.3 is 5.97 Å². The summed E-state index contributed by atoms with van der Waals surface area (Å²) in [5.74, 6) is -2.72. The Bertz CT molecular complexity index is 436. The van der Waals surface area contributed by atoms with E-state index >= 15 is 0 Å². The maximum absolute atomic E-state index is 13.3. The van der Waals surface area contributed by atoms with Gasteiger partial charge in [0.25, 0.3) is 0 Å². The van der Waals surface area contributed by atoms with Gasteiger partial charge in [0.05, 0.1) is 24.0 Å². The van der Waals surface area contributed by atoms with Crippen LogP contribution >= 0.6 is 0 Å². The zero-order valence-corrected chi connectivity index (χ0v) is 10.2. The molecule has 0 aliphatic heterocycles. The quantitative estimate of drug-likeness (QED) is 0.500. The van der Waals surface area contributed by atoms with Crippen LogP contribution in [0.1, 0.15) is 24.2 Å². The Morgan fingerprint density at radius 2 is 1.94 bits per heavy atom. The average molecular weight is 259 g/mol. The van der Waals surface area contributed by atoms with Crippen LogP contribution < -0.4 is 5.73 Å². The first kappa shape index (κ1) is 14.4. The maximum Gasteiger partial charge on any atom is 0.341 e. The molecule has 0 saturated heterocycles. The Morgan fingerprint density at radius 1 is 1.28 bits per heavy atom. The number of nitrogen functional groups attached to an aromatic ring is 1. The fourth-order valence-corrected chi connectivity index (χ4v) is 1.21. The third kappa shape index (κ3) is 3.96. The van der Waals surface area contributed by atoms with Gasteiger partial charge in [0.15, 0.2) is 0 Å². The normalized spacial score (nSPS) is 10.7. The summed E-state index contributed by atoms with van der Waals surface area (Å²) < 4.78 is 36.3. The third-order valence-electron chi connectivity index (χ3n) is 2.07. The fourth-order valence-electron chi connectivity index (χ4n) is 1.21. The Balaban J connectivity index is 2.59. The number of nitrogens with two attached hydrogens (primary N) is 1. The molecular formula is C12H15F2NO3. The van der Waals surface area contributed by atoms with E-state index in [1.54, 1.807) is 0 Å². The summed E-state index contributed by atoms with van der Waals surface area (Å²) >= 11 is 0. The van der Waals surface area contributed by atoms with E-state index in [0.717, 1.165) is 12.1 Å². The van der Waals surface area contributed by atoms with Gasteiger partial charge in [-0.2, -0.15) is 0 Å². The third-order valence-corrected chi connectivity index (χ3v) is 2.07. The highest BCUT2D eigenvalue weighted by Crippen LogP contribution is 2.17. The van der Waals surface area contributed by atoms with Crippen molar-refractivity contribution in [2.45, 2.75) is 20.0 Å². The zero-order chi connectivity index (χ0) is 13.7. The lowest BCUT2D eigenvalue weighted by Crippen LogP contribution is -2.15. The minimum absolute atomic E-state index is 0.00871. The van der Waals surface area contributed by atoms with E-state index < -0.39 is 23.2 Å². The highest BCUT2D eigenvalue weighted by molar-refractivity contribution is 5.90. The molecule has 0 aromatic heterocycles. The summed E-state index contributed by atoms with van der Waals surface area (Å²) in [6.07, 6.45) is 0.00871. The minimum atomic E-state index is -0.946. The maximum atomic E-state index is 13.3. The Kier molecular flexibility index (Phi) is 5.03. The van der Waals surface area contributed by atoms with E-state index in [0.29, 0.717) is 0 Å². The molecule has 1 rings (SSSR count). The van der Waals surface area contributed by atoms with E-state index in [9.17, 15) is 13.6 Å². The van der Waals surface area contributed by atoms with Crippen LogP contribution in [0.4, 0.5) is 14.5 Å². The number of rotatable bonds is 5. The van der Waals surface area contributed by atoms with E-state index in [1.807, 2.05) is 13.8 Å². The van der Waals surface area contributed by atoms with Crippen molar-refractivity contribution in [3.8, 4) is 0 Å². The summed E-state index contributed by atoms with van der Waals surface area (Å²) in [5.41, 5.74) is 4.32. The molecule has 0 bridgehead atoms. The number of ether oxygens (including phenoxy) is 2. The number of carbonyl (C=O) groups is 1. The molecule has 0 amide bonds. The average Bonchev–Trinajstić information content (AvgIpc) is 2.28. The summed E-state index contributed by atoms with van der Waals surface area (Å²) in [7, 11) is 0. The van der Waals surface area contributed by atoms with Crippen molar-refractivity contribution >= 4 is 11.7 Å². The van der Waals surface area contributed by atoms with Crippen molar-refractivity contribution in [3.63, 3.8) is 0 Å². The number of carbonyl (C=O) groups excluding carboxylic acids is 1. The number of benzene rings is 1. The van der Waals surface area contributed by atoms with Crippen LogP contribution in [0.3, 0.4) is 0 Å². The molecule has 0 radical (unpaired) electrons. The zero-order valence-electron chi connectivity index (χ0n) is 10.2. The number of esters is 1. The second-order valence-corrected chi connectivity index (χ2v) is 3.91. The molecule has 0 saturated carbocycles. The molecule has 2 N–H and O–H groups in total. The fraction of sp³-hybridized carbons (Fsp3) is 0.417. The van der Waals surface area contributed by atoms with Crippen LogP contribution in [0.15, 0.2) is 12.1 Å². The van der Waals surface area contributed by atoms with Gasteiger partial charge in [-0.05, 0) is 19.9 Å². The molecule has 1 aromatic rings. The molecule has 1 aromatic carbocycles. The predicted octanol–water partition coefficient (Wildman–Crippen LogP) is 2.13. The van der Waals surface area contributed by atoms with Crippen LogP contribution in [0.5, 0.6) is 0 Å². The molecule has 0 aliphatic rings. The summed E-state index contributed by atoms with van der Waals surface area (Å²) in [6.45, 7) is 3.83. The second-order valence-electron chi connectivity index (χ2n) is 3.91. The van der Waals surface area contributed by atoms with Crippen molar-refractivity contribution in [3.05, 3.63) is 29.3 Å². The minimum Gasteiger partial charge on any atom is -0.460 e. The lowest BCUT2D eigenvalue weighted by molar-refractivity contribution is 0.0173. The first-order valence-corrected chi connectivity index (χ1v) is 5.45.